The number of nitrogens with zero attached hydrogens (tertiary/aromatic N) is 1. The van der Waals surface area contributed by atoms with Gasteiger partial charge in [-0.1, -0.05) is 29.8 Å². The van der Waals surface area contributed by atoms with Crippen LogP contribution < -0.4 is 20.1 Å². The van der Waals surface area contributed by atoms with Gasteiger partial charge in [0.1, 0.15) is 22.2 Å². The van der Waals surface area contributed by atoms with Crippen LogP contribution >= 0.6 is 22.9 Å². The molecule has 0 saturated carbocycles. The number of benzene rings is 2. The average Bonchev–Trinajstić information content (AvgIpc) is 3.32. The quantitative estimate of drug-likeness (QED) is 0.182. The number of methoxy groups -OCH3 is 2. The zero-order valence-corrected chi connectivity index (χ0v) is 21.4. The second kappa shape index (κ2) is 11.3. The molecule has 4 aromatic rings. The summed E-state index contributed by atoms with van der Waals surface area (Å²) < 4.78 is 30.4. The van der Waals surface area contributed by atoms with Crippen molar-refractivity contribution in [3.63, 3.8) is 0 Å². The number of nitrogens with one attached hydrogen (secondary N) is 2. The molecule has 0 radical (unpaired) electrons. The Balaban J connectivity index is 1.56. The molecule has 0 aliphatic carbocycles. The minimum atomic E-state index is -1.45. The summed E-state index contributed by atoms with van der Waals surface area (Å²) in [5, 5.41) is 17.2. The van der Waals surface area contributed by atoms with Gasteiger partial charge in [0.2, 0.25) is 0 Å². The SMILES string of the molecule is COC(=O)c1scc(NC(=O)Nc2cc(OCc3cccc4ccnc(Cl)c34)c(OC)cc2F)c1C(=O)O. The van der Waals surface area contributed by atoms with Crippen molar-refractivity contribution in [3.05, 3.63) is 74.9 Å². The highest BCUT2D eigenvalue weighted by atomic mass is 35.5. The van der Waals surface area contributed by atoms with Crippen molar-refractivity contribution in [2.24, 2.45) is 0 Å². The molecule has 0 aliphatic rings. The largest absolute Gasteiger partial charge is 0.493 e. The molecule has 0 saturated heterocycles. The van der Waals surface area contributed by atoms with Crippen molar-refractivity contribution in [2.75, 3.05) is 24.9 Å². The topological polar surface area (TPSA) is 136 Å². The van der Waals surface area contributed by atoms with Gasteiger partial charge < -0.3 is 30.0 Å². The summed E-state index contributed by atoms with van der Waals surface area (Å²) in [6.07, 6.45) is 1.59. The van der Waals surface area contributed by atoms with Gasteiger partial charge in [-0.3, -0.25) is 0 Å². The Kier molecular flexibility index (Phi) is 7.93. The first-order valence-corrected chi connectivity index (χ1v) is 12.0. The number of rotatable bonds is 8. The predicted octanol–water partition coefficient (Wildman–Crippen LogP) is 5.81. The first-order chi connectivity index (χ1) is 18.2. The lowest BCUT2D eigenvalue weighted by Gasteiger charge is -2.15. The van der Waals surface area contributed by atoms with Gasteiger partial charge in [-0.15, -0.1) is 11.3 Å². The Labute approximate surface area is 223 Å². The van der Waals surface area contributed by atoms with Gasteiger partial charge in [0.15, 0.2) is 17.3 Å². The summed E-state index contributed by atoms with van der Waals surface area (Å²) in [5.74, 6) is -2.95. The van der Waals surface area contributed by atoms with Crippen LogP contribution in [0.15, 0.2) is 48.0 Å². The van der Waals surface area contributed by atoms with E-state index in [0.29, 0.717) is 10.5 Å². The molecule has 2 amide bonds. The van der Waals surface area contributed by atoms with E-state index in [-0.39, 0.29) is 34.4 Å². The van der Waals surface area contributed by atoms with Gasteiger partial charge in [-0.25, -0.2) is 23.8 Å². The molecule has 0 fully saturated rings. The number of carboxylic acids is 1. The Bertz CT molecular complexity index is 1550. The van der Waals surface area contributed by atoms with Crippen molar-refractivity contribution in [3.8, 4) is 11.5 Å². The number of carboxylic acid groups (broad SMARTS) is 1. The highest BCUT2D eigenvalue weighted by Gasteiger charge is 2.25. The molecule has 2 aromatic heterocycles. The van der Waals surface area contributed by atoms with Crippen molar-refractivity contribution in [1.82, 2.24) is 4.98 Å². The van der Waals surface area contributed by atoms with Crippen molar-refractivity contribution in [1.29, 1.82) is 0 Å². The number of thiophene rings is 1. The van der Waals surface area contributed by atoms with E-state index in [1.165, 1.54) is 18.6 Å². The predicted molar refractivity (Wildman–Crippen MR) is 139 cm³/mol. The summed E-state index contributed by atoms with van der Waals surface area (Å²) >= 11 is 7.05. The Hall–Kier alpha value is -4.42. The third-order valence-electron chi connectivity index (χ3n) is 5.34. The van der Waals surface area contributed by atoms with Gasteiger partial charge in [-0.05, 0) is 11.5 Å². The number of carbonyl (C=O) groups excluding carboxylic acids is 2. The lowest BCUT2D eigenvalue weighted by molar-refractivity contribution is 0.0589. The number of fused-ring (bicyclic) bond motifs is 1. The number of hydrogen-bond acceptors (Lipinski definition) is 8. The second-order valence-corrected chi connectivity index (χ2v) is 8.86. The van der Waals surface area contributed by atoms with Gasteiger partial charge in [0.25, 0.3) is 0 Å². The highest BCUT2D eigenvalue weighted by molar-refractivity contribution is 7.13. The number of hydrogen-bond donors (Lipinski definition) is 3. The number of aromatic nitrogens is 1. The minimum Gasteiger partial charge on any atom is -0.493 e. The standard InChI is InChI=1S/C25H19ClFN3O7S/c1-35-17-8-14(27)15(29-25(34)30-16-11-38-21(24(33)36-2)20(16)23(31)32)9-18(17)37-10-13-5-3-4-12-6-7-28-22(26)19(12)13/h3-9,11H,10H2,1-2H3,(H,31,32)(H2,29,30,34). The highest BCUT2D eigenvalue weighted by Crippen LogP contribution is 2.35. The van der Waals surface area contributed by atoms with Crippen molar-refractivity contribution < 1.29 is 38.1 Å². The Morgan fingerprint density at radius 1 is 1.11 bits per heavy atom. The van der Waals surface area contributed by atoms with Gasteiger partial charge in [0, 0.05) is 34.7 Å². The number of esters is 1. The van der Waals surface area contributed by atoms with Crippen molar-refractivity contribution in [2.45, 2.75) is 6.61 Å². The van der Waals surface area contributed by atoms with Gasteiger partial charge in [0.05, 0.1) is 25.6 Å². The molecule has 0 atom stereocenters. The first kappa shape index (κ1) is 26.6. The summed E-state index contributed by atoms with van der Waals surface area (Å²) in [7, 11) is 2.44. The average molecular weight is 560 g/mol. The van der Waals surface area contributed by atoms with E-state index in [1.807, 2.05) is 18.2 Å². The van der Waals surface area contributed by atoms with E-state index < -0.39 is 29.4 Å². The van der Waals surface area contributed by atoms with Gasteiger partial charge >= 0.3 is 18.0 Å². The Morgan fingerprint density at radius 2 is 1.87 bits per heavy atom. The molecule has 0 spiro atoms. The maximum Gasteiger partial charge on any atom is 0.349 e. The Morgan fingerprint density at radius 3 is 2.58 bits per heavy atom. The number of amides is 2. The molecule has 2 heterocycles. The fourth-order valence-corrected chi connectivity index (χ4v) is 4.81. The van der Waals surface area contributed by atoms with E-state index in [0.717, 1.165) is 35.5 Å². The first-order valence-electron chi connectivity index (χ1n) is 10.8. The maximum atomic E-state index is 14.7. The molecule has 196 valence electrons. The molecule has 38 heavy (non-hydrogen) atoms. The van der Waals surface area contributed by atoms with Crippen LogP contribution in [0.5, 0.6) is 11.5 Å². The molecule has 13 heteroatoms. The lowest BCUT2D eigenvalue weighted by atomic mass is 10.1. The molecule has 4 rings (SSSR count). The van der Waals surface area contributed by atoms with E-state index in [2.05, 4.69) is 20.4 Å². The number of ether oxygens (including phenoxy) is 3. The van der Waals surface area contributed by atoms with Crippen LogP contribution in [0.4, 0.5) is 20.6 Å². The number of aromatic carboxylic acids is 1. The lowest BCUT2D eigenvalue weighted by Crippen LogP contribution is -2.21. The molecule has 2 aromatic carbocycles. The monoisotopic (exact) mass is 559 g/mol. The summed E-state index contributed by atoms with van der Waals surface area (Å²) in [6.45, 7) is 0.0313. The molecular formula is C25H19ClFN3O7S. The number of halogens is 2. The summed E-state index contributed by atoms with van der Waals surface area (Å²) in [5.41, 5.74) is -0.151. The number of carbonyl (C=O) groups is 3. The number of urea groups is 1. The fourth-order valence-electron chi connectivity index (χ4n) is 3.62. The molecule has 10 nitrogen and oxygen atoms in total. The van der Waals surface area contributed by atoms with Crippen LogP contribution in [0, 0.1) is 5.82 Å². The van der Waals surface area contributed by atoms with Crippen LogP contribution in [0.25, 0.3) is 10.8 Å². The van der Waals surface area contributed by atoms with Crippen LogP contribution in [-0.4, -0.2) is 42.3 Å². The van der Waals surface area contributed by atoms with E-state index in [1.54, 1.807) is 12.3 Å². The second-order valence-electron chi connectivity index (χ2n) is 7.62. The molecule has 0 aliphatic heterocycles. The normalized spacial score (nSPS) is 10.6. The van der Waals surface area contributed by atoms with E-state index in [9.17, 15) is 23.9 Å². The summed E-state index contributed by atoms with van der Waals surface area (Å²) in [4.78, 5) is 40.0. The smallest absolute Gasteiger partial charge is 0.349 e. The van der Waals surface area contributed by atoms with Crippen LogP contribution in [-0.2, 0) is 11.3 Å². The minimum absolute atomic E-state index is 0.0313. The number of pyridine rings is 1. The number of anilines is 2. The van der Waals surface area contributed by atoms with Gasteiger partial charge in [-0.2, -0.15) is 0 Å². The molecule has 3 N–H and O–H groups in total. The van der Waals surface area contributed by atoms with Crippen LogP contribution in [0.2, 0.25) is 5.15 Å². The van der Waals surface area contributed by atoms with Crippen LogP contribution in [0.3, 0.4) is 0 Å². The van der Waals surface area contributed by atoms with Crippen LogP contribution in [0.1, 0.15) is 25.6 Å². The zero-order chi connectivity index (χ0) is 27.4. The zero-order valence-electron chi connectivity index (χ0n) is 19.8. The van der Waals surface area contributed by atoms with E-state index >= 15 is 0 Å². The molecule has 0 unspecified atom stereocenters. The molecular weight excluding hydrogens is 541 g/mol. The fraction of sp³-hybridized carbons (Fsp3) is 0.120. The third kappa shape index (κ3) is 5.45. The summed E-state index contributed by atoms with van der Waals surface area (Å²) in [6, 6.07) is 8.63. The maximum absolute atomic E-state index is 14.7. The third-order valence-corrected chi connectivity index (χ3v) is 6.59. The van der Waals surface area contributed by atoms with Crippen molar-refractivity contribution >= 4 is 63.1 Å². The van der Waals surface area contributed by atoms with E-state index in [4.69, 9.17) is 21.1 Å². The molecule has 0 bridgehead atoms.